The number of amides is 1. The zero-order valence-electron chi connectivity index (χ0n) is 15.0. The Morgan fingerprint density at radius 1 is 1.41 bits per heavy atom. The van der Waals surface area contributed by atoms with Gasteiger partial charge >= 0.3 is 0 Å². The van der Waals surface area contributed by atoms with Gasteiger partial charge in [-0.3, -0.25) is 9.59 Å². The van der Waals surface area contributed by atoms with Crippen molar-refractivity contribution in [1.29, 1.82) is 0 Å². The monoisotopic (exact) mass is 388 g/mol. The van der Waals surface area contributed by atoms with Gasteiger partial charge in [0.05, 0.1) is 24.9 Å². The van der Waals surface area contributed by atoms with Gasteiger partial charge in [0.1, 0.15) is 0 Å². The maximum atomic E-state index is 12.1. The van der Waals surface area contributed by atoms with Crippen LogP contribution in [0.1, 0.15) is 22.2 Å². The smallest absolute Gasteiger partial charge is 0.246 e. The third-order valence-electron chi connectivity index (χ3n) is 3.97. The molecule has 0 aliphatic carbocycles. The molecule has 1 atom stereocenters. The number of morpholine rings is 1. The van der Waals surface area contributed by atoms with E-state index in [1.165, 1.54) is 19.3 Å². The first-order valence-electron chi connectivity index (χ1n) is 8.30. The van der Waals surface area contributed by atoms with Crippen LogP contribution >= 0.6 is 11.6 Å². The molecular weight excluding hydrogens is 368 g/mol. The van der Waals surface area contributed by atoms with Crippen molar-refractivity contribution in [3.05, 3.63) is 59.5 Å². The van der Waals surface area contributed by atoms with E-state index >= 15 is 0 Å². The lowest BCUT2D eigenvalue weighted by Crippen LogP contribution is -2.42. The van der Waals surface area contributed by atoms with Gasteiger partial charge in [-0.2, -0.15) is 0 Å². The molecule has 1 aromatic heterocycles. The van der Waals surface area contributed by atoms with Gasteiger partial charge in [0, 0.05) is 23.3 Å². The maximum Gasteiger partial charge on any atom is 0.246 e. The molecule has 2 N–H and O–H groups in total. The van der Waals surface area contributed by atoms with Gasteiger partial charge in [0.25, 0.3) is 0 Å². The molecule has 1 saturated heterocycles. The van der Waals surface area contributed by atoms with Crippen molar-refractivity contribution in [2.75, 3.05) is 26.8 Å². The normalized spacial score (nSPS) is 16.1. The van der Waals surface area contributed by atoms with Crippen LogP contribution in [-0.2, 0) is 9.53 Å². The number of carbonyl (C=O) groups is 2. The lowest BCUT2D eigenvalue weighted by atomic mass is 10.0. The van der Waals surface area contributed by atoms with Crippen molar-refractivity contribution in [3.63, 3.8) is 0 Å². The minimum atomic E-state index is -0.260. The van der Waals surface area contributed by atoms with Crippen LogP contribution < -0.4 is 5.73 Å². The fourth-order valence-electron chi connectivity index (χ4n) is 2.80. The van der Waals surface area contributed by atoms with Crippen molar-refractivity contribution < 1.29 is 14.3 Å². The topological polar surface area (TPSA) is 98.4 Å². The number of hydrogen-bond acceptors (Lipinski definition) is 6. The Labute approximate surface area is 162 Å². The quantitative estimate of drug-likeness (QED) is 0.637. The average Bonchev–Trinajstić information content (AvgIpc) is 2.74. The molecular formula is C19H21ClN4O3. The highest BCUT2D eigenvalue weighted by molar-refractivity contribution is 6.31. The molecule has 1 aliphatic heterocycles. The number of aromatic nitrogens is 2. The number of rotatable bonds is 4. The number of nitrogens with two attached hydrogens (primary N) is 1. The molecule has 8 heteroatoms. The second kappa shape index (κ2) is 9.91. The number of hydrogen-bond donors (Lipinski definition) is 1. The Morgan fingerprint density at radius 2 is 2.19 bits per heavy atom. The van der Waals surface area contributed by atoms with Crippen LogP contribution in [0.2, 0.25) is 5.02 Å². The zero-order chi connectivity index (χ0) is 19.8. The van der Waals surface area contributed by atoms with E-state index in [0.717, 1.165) is 11.1 Å². The van der Waals surface area contributed by atoms with Crippen LogP contribution in [0.4, 0.5) is 0 Å². The summed E-state index contributed by atoms with van der Waals surface area (Å²) >= 11 is 6.28. The minimum absolute atomic E-state index is 0.100. The van der Waals surface area contributed by atoms with E-state index in [0.29, 0.717) is 36.8 Å². The number of aldehydes is 1. The van der Waals surface area contributed by atoms with Crippen LogP contribution in [-0.4, -0.2) is 53.9 Å². The third-order valence-corrected chi connectivity index (χ3v) is 4.18. The van der Waals surface area contributed by atoms with E-state index in [2.05, 4.69) is 22.3 Å². The first-order valence-corrected chi connectivity index (χ1v) is 8.68. The molecule has 1 aromatic carbocycles. The van der Waals surface area contributed by atoms with Crippen molar-refractivity contribution in [1.82, 2.24) is 14.9 Å². The van der Waals surface area contributed by atoms with Crippen LogP contribution in [0.25, 0.3) is 11.3 Å². The summed E-state index contributed by atoms with van der Waals surface area (Å²) < 4.78 is 5.54. The molecule has 142 valence electrons. The van der Waals surface area contributed by atoms with Crippen molar-refractivity contribution in [2.24, 2.45) is 5.73 Å². The standard InChI is InChI=1S/C18H16ClN3O3.CH5N/c1-2-18(24)22-5-6-25-11-16(22)13-7-12(8-14(19)9-13)15-3-4-20-17(10-23)21-15;1-2/h2-4,7-10,16H,1,5-6,11H2;2H2,1H3. The molecule has 27 heavy (non-hydrogen) atoms. The maximum absolute atomic E-state index is 12.1. The number of benzene rings is 1. The van der Waals surface area contributed by atoms with Crippen LogP contribution in [0, 0.1) is 0 Å². The molecule has 0 radical (unpaired) electrons. The fraction of sp³-hybridized carbons (Fsp3) is 0.263. The molecule has 1 fully saturated rings. The number of carbonyl (C=O) groups excluding carboxylic acids is 2. The summed E-state index contributed by atoms with van der Waals surface area (Å²) in [6, 6.07) is 6.89. The lowest BCUT2D eigenvalue weighted by molar-refractivity contribution is -0.134. The molecule has 0 saturated carbocycles. The van der Waals surface area contributed by atoms with Gasteiger partial charge in [0.2, 0.25) is 5.91 Å². The summed E-state index contributed by atoms with van der Waals surface area (Å²) in [6.07, 6.45) is 3.41. The van der Waals surface area contributed by atoms with E-state index in [-0.39, 0.29) is 17.8 Å². The second-order valence-corrected chi connectivity index (χ2v) is 5.95. The molecule has 2 aromatic rings. The van der Waals surface area contributed by atoms with Gasteiger partial charge in [0.15, 0.2) is 12.1 Å². The predicted octanol–water partition coefficient (Wildman–Crippen LogP) is 2.27. The largest absolute Gasteiger partial charge is 0.377 e. The second-order valence-electron chi connectivity index (χ2n) is 5.52. The fourth-order valence-corrected chi connectivity index (χ4v) is 3.05. The Kier molecular flexibility index (Phi) is 7.60. The Hall–Kier alpha value is -2.61. The molecule has 1 unspecified atom stereocenters. The number of halogens is 1. The van der Waals surface area contributed by atoms with E-state index < -0.39 is 0 Å². The van der Waals surface area contributed by atoms with Crippen molar-refractivity contribution in [2.45, 2.75) is 6.04 Å². The van der Waals surface area contributed by atoms with Gasteiger partial charge in [-0.05, 0) is 43.0 Å². The summed E-state index contributed by atoms with van der Waals surface area (Å²) in [4.78, 5) is 32.8. The summed E-state index contributed by atoms with van der Waals surface area (Å²) in [5, 5.41) is 0.510. The Morgan fingerprint density at radius 3 is 2.89 bits per heavy atom. The Balaban J connectivity index is 0.00000126. The highest BCUT2D eigenvalue weighted by Crippen LogP contribution is 2.31. The SMILES string of the molecule is C=CC(=O)N1CCOCC1c1cc(Cl)cc(-c2ccnc(C=O)n2)c1.CN. The molecule has 3 rings (SSSR count). The molecule has 2 heterocycles. The van der Waals surface area contributed by atoms with Gasteiger partial charge in [-0.15, -0.1) is 0 Å². The first kappa shape index (κ1) is 20.7. The van der Waals surface area contributed by atoms with E-state index in [4.69, 9.17) is 16.3 Å². The number of ether oxygens (including phenoxy) is 1. The van der Waals surface area contributed by atoms with Gasteiger partial charge < -0.3 is 15.4 Å². The minimum Gasteiger partial charge on any atom is -0.377 e. The van der Waals surface area contributed by atoms with Crippen LogP contribution in [0.15, 0.2) is 43.1 Å². The average molecular weight is 389 g/mol. The van der Waals surface area contributed by atoms with Gasteiger partial charge in [-0.25, -0.2) is 9.97 Å². The summed E-state index contributed by atoms with van der Waals surface area (Å²) in [6.45, 7) is 4.91. The highest BCUT2D eigenvalue weighted by atomic mass is 35.5. The predicted molar refractivity (Wildman–Crippen MR) is 103 cm³/mol. The molecule has 1 amide bonds. The van der Waals surface area contributed by atoms with E-state index in [1.54, 1.807) is 23.1 Å². The van der Waals surface area contributed by atoms with E-state index in [1.807, 2.05) is 6.07 Å². The third kappa shape index (κ3) is 4.97. The highest BCUT2D eigenvalue weighted by Gasteiger charge is 2.28. The van der Waals surface area contributed by atoms with Gasteiger partial charge in [-0.1, -0.05) is 18.2 Å². The van der Waals surface area contributed by atoms with Crippen molar-refractivity contribution >= 4 is 23.8 Å². The molecule has 0 bridgehead atoms. The molecule has 0 spiro atoms. The van der Waals surface area contributed by atoms with Crippen LogP contribution in [0.5, 0.6) is 0 Å². The zero-order valence-corrected chi connectivity index (χ0v) is 15.7. The summed E-state index contributed by atoms with van der Waals surface area (Å²) in [5.41, 5.74) is 6.66. The van der Waals surface area contributed by atoms with Crippen LogP contribution in [0.3, 0.4) is 0 Å². The molecule has 7 nitrogen and oxygen atoms in total. The summed E-state index contributed by atoms with van der Waals surface area (Å²) in [5.74, 6) is -0.0522. The van der Waals surface area contributed by atoms with E-state index in [9.17, 15) is 9.59 Å². The number of nitrogens with zero attached hydrogens (tertiary/aromatic N) is 3. The van der Waals surface area contributed by atoms with Crippen molar-refractivity contribution in [3.8, 4) is 11.3 Å². The summed E-state index contributed by atoms with van der Waals surface area (Å²) in [7, 11) is 1.50. The lowest BCUT2D eigenvalue weighted by Gasteiger charge is -2.35. The molecule has 1 aliphatic rings. The first-order chi connectivity index (χ1) is 13.1. The Bertz CT molecular complexity index is 828.